The first-order chi connectivity index (χ1) is 13.8. The topological polar surface area (TPSA) is 92.3 Å². The average Bonchev–Trinajstić information content (AvgIpc) is 3.41. The van der Waals surface area contributed by atoms with E-state index in [1.54, 1.807) is 29.5 Å². The Morgan fingerprint density at radius 3 is 2.69 bits per heavy atom. The number of carbonyl (C=O) groups is 1. The number of carbonyl (C=O) groups excluding carboxylic acids is 1. The molecule has 4 rings (SSSR count). The molecule has 1 saturated heterocycles. The molecule has 1 aromatic carbocycles. The predicted molar refractivity (Wildman–Crippen MR) is 116 cm³/mol. The second-order valence-corrected chi connectivity index (χ2v) is 11.2. The van der Waals surface area contributed by atoms with Crippen LogP contribution in [0.1, 0.15) is 43.3 Å². The summed E-state index contributed by atoms with van der Waals surface area (Å²) in [6.45, 7) is 5.28. The summed E-state index contributed by atoms with van der Waals surface area (Å²) in [5, 5.41) is 6.18. The molecular weight excluding hydrogens is 428 g/mol. The molecule has 0 saturated carbocycles. The lowest BCUT2D eigenvalue weighted by molar-refractivity contribution is -0.115. The van der Waals surface area contributed by atoms with E-state index in [4.69, 9.17) is 0 Å². The zero-order valence-corrected chi connectivity index (χ0v) is 18.7. The van der Waals surface area contributed by atoms with Gasteiger partial charge in [-0.3, -0.25) is 4.79 Å². The lowest BCUT2D eigenvalue weighted by Gasteiger charge is -2.15. The largest absolute Gasteiger partial charge is 0.302 e. The van der Waals surface area contributed by atoms with Crippen molar-refractivity contribution in [2.45, 2.75) is 43.9 Å². The Balaban J connectivity index is 1.49. The van der Waals surface area contributed by atoms with Crippen LogP contribution >= 0.6 is 22.7 Å². The monoisotopic (exact) mass is 450 g/mol. The van der Waals surface area contributed by atoms with E-state index in [2.05, 4.69) is 29.1 Å². The summed E-state index contributed by atoms with van der Waals surface area (Å²) in [5.41, 5.74) is 1.41. The third-order valence-electron chi connectivity index (χ3n) is 4.71. The highest BCUT2D eigenvalue weighted by Crippen LogP contribution is 2.30. The van der Waals surface area contributed by atoms with Crippen LogP contribution in [0.4, 0.5) is 5.13 Å². The standard InChI is InChI=1S/C19H22N4O3S3/c1-12(2)18-20-13(11-27-18)9-17(24)22-19-21-15-6-5-14(10-16(15)28-19)29(25,26)23-7-3-4-8-23/h5-6,10-12H,3-4,7-9H2,1-2H3,(H,21,22,24). The van der Waals surface area contributed by atoms with Crippen molar-refractivity contribution in [3.05, 3.63) is 34.3 Å². The highest BCUT2D eigenvalue weighted by molar-refractivity contribution is 7.89. The van der Waals surface area contributed by atoms with Gasteiger partial charge in [0.2, 0.25) is 15.9 Å². The Labute approximate surface area is 177 Å². The summed E-state index contributed by atoms with van der Waals surface area (Å²) in [4.78, 5) is 21.5. The maximum atomic E-state index is 12.8. The van der Waals surface area contributed by atoms with Crippen LogP contribution in [0.3, 0.4) is 0 Å². The van der Waals surface area contributed by atoms with Crippen LogP contribution in [0.2, 0.25) is 0 Å². The fourth-order valence-electron chi connectivity index (χ4n) is 3.19. The fourth-order valence-corrected chi connectivity index (χ4v) is 6.57. The summed E-state index contributed by atoms with van der Waals surface area (Å²) < 4.78 is 27.8. The van der Waals surface area contributed by atoms with Gasteiger partial charge in [0.25, 0.3) is 0 Å². The molecule has 0 spiro atoms. The van der Waals surface area contributed by atoms with Gasteiger partial charge in [-0.25, -0.2) is 18.4 Å². The van der Waals surface area contributed by atoms with E-state index in [0.29, 0.717) is 29.7 Å². The first-order valence-electron chi connectivity index (χ1n) is 9.48. The van der Waals surface area contributed by atoms with Gasteiger partial charge in [0, 0.05) is 24.4 Å². The molecule has 0 bridgehead atoms. The molecule has 0 unspecified atom stereocenters. The molecule has 1 fully saturated rings. The summed E-state index contributed by atoms with van der Waals surface area (Å²) in [5.74, 6) is 0.154. The molecule has 1 aliphatic heterocycles. The van der Waals surface area contributed by atoms with E-state index in [9.17, 15) is 13.2 Å². The smallest absolute Gasteiger partial charge is 0.243 e. The summed E-state index contributed by atoms with van der Waals surface area (Å²) in [6.07, 6.45) is 1.99. The number of nitrogens with zero attached hydrogens (tertiary/aromatic N) is 3. The number of hydrogen-bond acceptors (Lipinski definition) is 7. The molecule has 154 valence electrons. The number of fused-ring (bicyclic) bond motifs is 1. The van der Waals surface area contributed by atoms with Crippen molar-refractivity contribution in [3.8, 4) is 0 Å². The van der Waals surface area contributed by atoms with Crippen LogP contribution in [-0.4, -0.2) is 41.7 Å². The van der Waals surface area contributed by atoms with Gasteiger partial charge in [-0.2, -0.15) is 4.31 Å². The lowest BCUT2D eigenvalue weighted by Crippen LogP contribution is -2.27. The van der Waals surface area contributed by atoms with Gasteiger partial charge in [-0.1, -0.05) is 25.2 Å². The lowest BCUT2D eigenvalue weighted by atomic mass is 10.2. The van der Waals surface area contributed by atoms with Gasteiger partial charge in [0.15, 0.2) is 5.13 Å². The highest BCUT2D eigenvalue weighted by Gasteiger charge is 2.27. The fraction of sp³-hybridized carbons (Fsp3) is 0.421. The normalized spacial score (nSPS) is 15.4. The first kappa shape index (κ1) is 20.4. The molecule has 1 amide bonds. The van der Waals surface area contributed by atoms with Crippen LogP contribution in [0.25, 0.3) is 10.2 Å². The maximum absolute atomic E-state index is 12.8. The molecule has 3 aromatic rings. The predicted octanol–water partition coefficient (Wildman–Crippen LogP) is 3.84. The molecule has 2 aromatic heterocycles. The van der Waals surface area contributed by atoms with Crippen molar-refractivity contribution in [3.63, 3.8) is 0 Å². The van der Waals surface area contributed by atoms with Crippen LogP contribution in [0, 0.1) is 0 Å². The Morgan fingerprint density at radius 1 is 1.24 bits per heavy atom. The SMILES string of the molecule is CC(C)c1nc(CC(=O)Nc2nc3ccc(S(=O)(=O)N4CCCC4)cc3s2)cs1. The molecule has 1 N–H and O–H groups in total. The van der Waals surface area contributed by atoms with Gasteiger partial charge in [-0.15, -0.1) is 11.3 Å². The van der Waals surface area contributed by atoms with Crippen molar-refractivity contribution in [1.29, 1.82) is 0 Å². The number of aromatic nitrogens is 2. The van der Waals surface area contributed by atoms with Crippen LogP contribution in [0.5, 0.6) is 0 Å². The van der Waals surface area contributed by atoms with Gasteiger partial charge < -0.3 is 5.32 Å². The highest BCUT2D eigenvalue weighted by atomic mass is 32.2. The van der Waals surface area contributed by atoms with Crippen LogP contribution in [-0.2, 0) is 21.2 Å². The molecule has 0 atom stereocenters. The second kappa shape index (κ2) is 8.10. The van der Waals surface area contributed by atoms with E-state index >= 15 is 0 Å². The Bertz CT molecular complexity index is 1140. The Kier molecular flexibility index (Phi) is 5.69. The third kappa shape index (κ3) is 4.35. The second-order valence-electron chi connectivity index (χ2n) is 7.32. The number of rotatable bonds is 6. The first-order valence-corrected chi connectivity index (χ1v) is 12.6. The van der Waals surface area contributed by atoms with Crippen molar-refractivity contribution in [2.24, 2.45) is 0 Å². The van der Waals surface area contributed by atoms with Crippen molar-refractivity contribution < 1.29 is 13.2 Å². The van der Waals surface area contributed by atoms with E-state index in [1.807, 2.05) is 5.38 Å². The van der Waals surface area contributed by atoms with Crippen molar-refractivity contribution in [2.75, 3.05) is 18.4 Å². The van der Waals surface area contributed by atoms with Gasteiger partial charge in [0.1, 0.15) is 0 Å². The van der Waals surface area contributed by atoms with E-state index in [-0.39, 0.29) is 17.2 Å². The van der Waals surface area contributed by atoms with Gasteiger partial charge in [-0.05, 0) is 31.0 Å². The van der Waals surface area contributed by atoms with Crippen LogP contribution < -0.4 is 5.32 Å². The number of hydrogen-bond donors (Lipinski definition) is 1. The van der Waals surface area contributed by atoms with Gasteiger partial charge in [0.05, 0.1) is 32.2 Å². The van der Waals surface area contributed by atoms with E-state index < -0.39 is 10.0 Å². The van der Waals surface area contributed by atoms with E-state index in [1.165, 1.54) is 15.6 Å². The van der Waals surface area contributed by atoms with Crippen molar-refractivity contribution in [1.82, 2.24) is 14.3 Å². The minimum absolute atomic E-state index is 0.186. The zero-order valence-electron chi connectivity index (χ0n) is 16.2. The number of nitrogens with one attached hydrogen (secondary N) is 1. The van der Waals surface area contributed by atoms with Crippen LogP contribution in [0.15, 0.2) is 28.5 Å². The summed E-state index contributed by atoms with van der Waals surface area (Å²) in [7, 11) is -3.47. The summed E-state index contributed by atoms with van der Waals surface area (Å²) in [6, 6.07) is 4.93. The molecular formula is C19H22N4O3S3. The summed E-state index contributed by atoms with van der Waals surface area (Å²) >= 11 is 2.83. The minimum Gasteiger partial charge on any atom is -0.302 e. The molecule has 0 radical (unpaired) electrons. The minimum atomic E-state index is -3.47. The molecule has 0 aliphatic carbocycles. The number of amides is 1. The Morgan fingerprint density at radius 2 is 2.00 bits per heavy atom. The maximum Gasteiger partial charge on any atom is 0.243 e. The quantitative estimate of drug-likeness (QED) is 0.616. The number of anilines is 1. The molecule has 29 heavy (non-hydrogen) atoms. The molecule has 1 aliphatic rings. The zero-order chi connectivity index (χ0) is 20.6. The van der Waals surface area contributed by atoms with Crippen molar-refractivity contribution >= 4 is 54.0 Å². The van der Waals surface area contributed by atoms with Gasteiger partial charge >= 0.3 is 0 Å². The third-order valence-corrected chi connectivity index (χ3v) is 8.74. The number of thiazole rings is 2. The molecule has 10 heteroatoms. The molecule has 7 nitrogen and oxygen atoms in total. The molecule has 3 heterocycles. The average molecular weight is 451 g/mol. The number of sulfonamides is 1. The number of benzene rings is 1. The Hall–Kier alpha value is -1.88. The van der Waals surface area contributed by atoms with E-state index in [0.717, 1.165) is 28.2 Å².